The molecule has 3 aromatic rings. The van der Waals surface area contributed by atoms with Crippen LogP contribution in [0.2, 0.25) is 0 Å². The van der Waals surface area contributed by atoms with Crippen molar-refractivity contribution in [2.24, 2.45) is 10.7 Å². The number of carbonyl (C=O) groups is 1. The zero-order valence-corrected chi connectivity index (χ0v) is 20.0. The van der Waals surface area contributed by atoms with Gasteiger partial charge in [0, 0.05) is 37.2 Å². The molecule has 0 radical (unpaired) electrons. The Morgan fingerprint density at radius 2 is 1.89 bits per heavy atom. The Labute approximate surface area is 207 Å². The second kappa shape index (κ2) is 9.14. The predicted molar refractivity (Wildman–Crippen MR) is 133 cm³/mol. The number of imidazole rings is 1. The summed E-state index contributed by atoms with van der Waals surface area (Å²) in [6, 6.07) is 9.34. The number of nitrogens with two attached hydrogens (primary N) is 1. The first-order valence-electron chi connectivity index (χ1n) is 12.1. The van der Waals surface area contributed by atoms with Crippen molar-refractivity contribution >= 4 is 28.8 Å². The molecule has 1 saturated heterocycles. The van der Waals surface area contributed by atoms with Crippen molar-refractivity contribution < 1.29 is 23.7 Å². The molecule has 188 valence electrons. The van der Waals surface area contributed by atoms with Crippen LogP contribution in [0.4, 0.5) is 5.95 Å². The maximum Gasteiger partial charge on any atom is 0.260 e. The van der Waals surface area contributed by atoms with E-state index in [-0.39, 0.29) is 18.5 Å². The van der Waals surface area contributed by atoms with Crippen molar-refractivity contribution in [1.29, 1.82) is 0 Å². The van der Waals surface area contributed by atoms with Crippen LogP contribution in [0, 0.1) is 0 Å². The third-order valence-corrected chi connectivity index (χ3v) is 6.60. The van der Waals surface area contributed by atoms with Crippen LogP contribution in [0.3, 0.4) is 0 Å². The highest BCUT2D eigenvalue weighted by molar-refractivity contribution is 5.95. The fourth-order valence-electron chi connectivity index (χ4n) is 4.81. The lowest BCUT2D eigenvalue weighted by atomic mass is 10.1. The third kappa shape index (κ3) is 4.00. The molecule has 1 amide bonds. The second-order valence-electron chi connectivity index (χ2n) is 8.94. The summed E-state index contributed by atoms with van der Waals surface area (Å²) in [5, 5.41) is 3.05. The molecule has 0 spiro atoms. The first-order valence-corrected chi connectivity index (χ1v) is 12.1. The van der Waals surface area contributed by atoms with Crippen LogP contribution < -0.4 is 30.0 Å². The Balaban J connectivity index is 1.33. The van der Waals surface area contributed by atoms with Gasteiger partial charge in [-0.2, -0.15) is 0 Å². The molecule has 3 N–H and O–H groups in total. The summed E-state index contributed by atoms with van der Waals surface area (Å²) in [5.41, 5.74) is 8.51. The largest absolute Gasteiger partial charge is 0.493 e. The number of guanidine groups is 1. The Morgan fingerprint density at radius 1 is 1.11 bits per heavy atom. The van der Waals surface area contributed by atoms with Gasteiger partial charge in [-0.3, -0.25) is 14.7 Å². The maximum absolute atomic E-state index is 12.4. The summed E-state index contributed by atoms with van der Waals surface area (Å²) in [4.78, 5) is 23.6. The van der Waals surface area contributed by atoms with Gasteiger partial charge in [0.05, 0.1) is 31.4 Å². The van der Waals surface area contributed by atoms with Crippen LogP contribution in [0.25, 0.3) is 11.0 Å². The minimum atomic E-state index is -0.495. The number of nitrogens with zero attached hydrogens (tertiary/aromatic N) is 4. The summed E-state index contributed by atoms with van der Waals surface area (Å²) in [6.45, 7) is 2.73. The van der Waals surface area contributed by atoms with Crippen molar-refractivity contribution in [3.05, 3.63) is 35.9 Å². The predicted octanol–water partition coefficient (Wildman–Crippen LogP) is 2.49. The zero-order chi connectivity index (χ0) is 24.6. The number of methoxy groups -OCH3 is 1. The van der Waals surface area contributed by atoms with Gasteiger partial charge in [0.1, 0.15) is 0 Å². The second-order valence-corrected chi connectivity index (χ2v) is 8.94. The fraction of sp³-hybridized carbons (Fsp3) is 0.400. The fourth-order valence-corrected chi connectivity index (χ4v) is 4.81. The van der Waals surface area contributed by atoms with Gasteiger partial charge in [0.2, 0.25) is 5.95 Å². The highest BCUT2D eigenvalue weighted by Gasteiger charge is 2.28. The molecular formula is C25H28N6O5. The molecule has 1 atom stereocenters. The van der Waals surface area contributed by atoms with Gasteiger partial charge in [0.25, 0.3) is 5.91 Å². The summed E-state index contributed by atoms with van der Waals surface area (Å²) in [7, 11) is 1.57. The number of hydrogen-bond donors (Lipinski definition) is 2. The lowest BCUT2D eigenvalue weighted by Gasteiger charge is -2.24. The van der Waals surface area contributed by atoms with E-state index in [2.05, 4.69) is 10.3 Å². The van der Waals surface area contributed by atoms with Gasteiger partial charge in [0.15, 0.2) is 41.7 Å². The molecule has 1 aromatic heterocycles. The summed E-state index contributed by atoms with van der Waals surface area (Å²) in [5.74, 6) is 3.15. The smallest absolute Gasteiger partial charge is 0.260 e. The SMILES string of the molecule is COc1cc(C2N=C(N)Nc3nc4cc5c(cc4n32)OCCCO5)ccc1OCC(=O)N1CCCC1. The van der Waals surface area contributed by atoms with Crippen molar-refractivity contribution in [2.75, 3.05) is 45.3 Å². The number of nitrogens with one attached hydrogen (secondary N) is 1. The van der Waals surface area contributed by atoms with E-state index in [9.17, 15) is 4.79 Å². The highest BCUT2D eigenvalue weighted by atomic mass is 16.5. The van der Waals surface area contributed by atoms with Crippen molar-refractivity contribution in [2.45, 2.75) is 25.4 Å². The van der Waals surface area contributed by atoms with Gasteiger partial charge in [-0.25, -0.2) is 9.98 Å². The number of fused-ring (bicyclic) bond motifs is 4. The Kier molecular flexibility index (Phi) is 5.67. The van der Waals surface area contributed by atoms with Gasteiger partial charge >= 0.3 is 0 Å². The molecule has 0 saturated carbocycles. The number of rotatable bonds is 5. The van der Waals surface area contributed by atoms with Crippen LogP contribution in [0.15, 0.2) is 35.3 Å². The van der Waals surface area contributed by atoms with Crippen LogP contribution >= 0.6 is 0 Å². The number of amides is 1. The van der Waals surface area contributed by atoms with E-state index in [1.165, 1.54) is 0 Å². The van der Waals surface area contributed by atoms with E-state index < -0.39 is 6.17 Å². The summed E-state index contributed by atoms with van der Waals surface area (Å²) < 4.78 is 25.1. The van der Waals surface area contributed by atoms with Gasteiger partial charge < -0.3 is 29.6 Å². The number of carbonyl (C=O) groups excluding carboxylic acids is 1. The summed E-state index contributed by atoms with van der Waals surface area (Å²) in [6.07, 6.45) is 2.40. The van der Waals surface area contributed by atoms with E-state index in [1.54, 1.807) is 13.2 Å². The topological polar surface area (TPSA) is 125 Å². The van der Waals surface area contributed by atoms with E-state index >= 15 is 0 Å². The van der Waals surface area contributed by atoms with E-state index in [0.717, 1.165) is 48.9 Å². The van der Waals surface area contributed by atoms with Gasteiger partial charge in [-0.1, -0.05) is 6.07 Å². The normalized spacial score (nSPS) is 18.8. The molecule has 1 unspecified atom stereocenters. The standard InChI is InChI=1S/C25H28N6O5/c1-33-19-11-15(5-6-18(19)36-14-22(32)30-7-2-3-8-30)23-28-24(26)29-25-27-16-12-20-21(13-17(16)31(23)25)35-10-4-9-34-20/h5-6,11-13,23H,2-4,7-10,14H2,1H3,(H3,26,27,28,29). The molecule has 11 heteroatoms. The minimum absolute atomic E-state index is 0.0192. The number of anilines is 1. The van der Waals surface area contributed by atoms with Crippen molar-refractivity contribution in [1.82, 2.24) is 14.5 Å². The quantitative estimate of drug-likeness (QED) is 0.557. The third-order valence-electron chi connectivity index (χ3n) is 6.60. The molecule has 11 nitrogen and oxygen atoms in total. The van der Waals surface area contributed by atoms with Crippen molar-refractivity contribution in [3.8, 4) is 23.0 Å². The number of benzene rings is 2. The number of ether oxygens (including phenoxy) is 4. The number of likely N-dealkylation sites (tertiary alicyclic amines) is 1. The van der Waals surface area contributed by atoms with Crippen LogP contribution in [-0.4, -0.2) is 66.3 Å². The Hall–Kier alpha value is -4.15. The van der Waals surface area contributed by atoms with E-state index in [0.29, 0.717) is 42.2 Å². The molecule has 3 aliphatic heterocycles. The van der Waals surface area contributed by atoms with Gasteiger partial charge in [-0.15, -0.1) is 0 Å². The molecule has 4 heterocycles. The monoisotopic (exact) mass is 492 g/mol. The van der Waals surface area contributed by atoms with Crippen LogP contribution in [0.1, 0.15) is 31.0 Å². The molecule has 3 aliphatic rings. The Bertz CT molecular complexity index is 1350. The molecule has 0 aliphatic carbocycles. The average Bonchev–Trinajstić information content (AvgIpc) is 3.48. The molecule has 6 rings (SSSR count). The minimum Gasteiger partial charge on any atom is -0.493 e. The number of aliphatic imine (C=N–C) groups is 1. The average molecular weight is 493 g/mol. The summed E-state index contributed by atoms with van der Waals surface area (Å²) >= 11 is 0. The molecule has 36 heavy (non-hydrogen) atoms. The first kappa shape index (κ1) is 22.3. The van der Waals surface area contributed by atoms with Crippen LogP contribution in [0.5, 0.6) is 23.0 Å². The molecule has 0 bridgehead atoms. The van der Waals surface area contributed by atoms with Gasteiger partial charge in [-0.05, 0) is 25.0 Å². The van der Waals surface area contributed by atoms with E-state index in [4.69, 9.17) is 29.7 Å². The molecular weight excluding hydrogens is 464 g/mol. The maximum atomic E-state index is 12.4. The first-order chi connectivity index (χ1) is 17.6. The Morgan fingerprint density at radius 3 is 2.67 bits per heavy atom. The van der Waals surface area contributed by atoms with Crippen LogP contribution in [-0.2, 0) is 4.79 Å². The number of hydrogen-bond acceptors (Lipinski definition) is 9. The lowest BCUT2D eigenvalue weighted by molar-refractivity contribution is -0.132. The molecule has 1 fully saturated rings. The number of aromatic nitrogens is 2. The highest BCUT2D eigenvalue weighted by Crippen LogP contribution is 2.40. The molecule has 2 aromatic carbocycles. The van der Waals surface area contributed by atoms with Crippen molar-refractivity contribution in [3.63, 3.8) is 0 Å². The zero-order valence-electron chi connectivity index (χ0n) is 20.0. The lowest BCUT2D eigenvalue weighted by Crippen LogP contribution is -2.32. The van der Waals surface area contributed by atoms with E-state index in [1.807, 2.05) is 33.7 Å².